The quantitative estimate of drug-likeness (QED) is 0.446. The molecular weight excluding hydrogens is 507 g/mol. The molecule has 0 spiro atoms. The first-order valence-corrected chi connectivity index (χ1v) is 13.3. The van der Waals surface area contributed by atoms with Crippen LogP contribution >= 0.6 is 11.3 Å². The van der Waals surface area contributed by atoms with Gasteiger partial charge in [-0.3, -0.25) is 13.9 Å². The summed E-state index contributed by atoms with van der Waals surface area (Å²) in [5, 5.41) is -0.613. The van der Waals surface area contributed by atoms with E-state index in [-0.39, 0.29) is 48.1 Å². The second-order valence-electron chi connectivity index (χ2n) is 8.20. The van der Waals surface area contributed by atoms with E-state index in [1.807, 2.05) is 6.07 Å². The van der Waals surface area contributed by atoms with E-state index in [4.69, 9.17) is 4.74 Å². The van der Waals surface area contributed by atoms with Crippen molar-refractivity contribution in [3.8, 4) is 0 Å². The summed E-state index contributed by atoms with van der Waals surface area (Å²) in [5.41, 5.74) is -2.12. The Morgan fingerprint density at radius 1 is 1.09 bits per heavy atom. The first-order valence-electron chi connectivity index (χ1n) is 10.9. The molecule has 8 nitrogen and oxygen atoms in total. The Bertz CT molecular complexity index is 1440. The highest BCUT2D eigenvalue weighted by Crippen LogP contribution is 2.41. The lowest BCUT2D eigenvalue weighted by Gasteiger charge is -2.15. The number of benzene rings is 1. The third kappa shape index (κ3) is 5.08. The molecule has 0 aliphatic carbocycles. The molecule has 3 heterocycles. The van der Waals surface area contributed by atoms with Crippen LogP contribution in [-0.4, -0.2) is 47.9 Å². The van der Waals surface area contributed by atoms with Gasteiger partial charge in [0, 0.05) is 31.6 Å². The maximum Gasteiger partial charge on any atom is 0.418 e. The lowest BCUT2D eigenvalue weighted by Crippen LogP contribution is -2.41. The summed E-state index contributed by atoms with van der Waals surface area (Å²) in [4.78, 5) is 26.1. The highest BCUT2D eigenvalue weighted by atomic mass is 32.2. The number of hydrogen-bond acceptors (Lipinski definition) is 6. The first kappa shape index (κ1) is 25.6. The summed E-state index contributed by atoms with van der Waals surface area (Å²) < 4.78 is 75.4. The molecular formula is C22H24F3N3O5S2. The molecule has 4 rings (SSSR count). The number of hydrogen-bond donors (Lipinski definition) is 0. The summed E-state index contributed by atoms with van der Waals surface area (Å²) in [6.07, 6.45) is -4.33. The molecule has 0 saturated carbocycles. The van der Waals surface area contributed by atoms with Crippen molar-refractivity contribution in [2.24, 2.45) is 0 Å². The van der Waals surface area contributed by atoms with Crippen molar-refractivity contribution in [2.45, 2.75) is 38.7 Å². The number of ether oxygens (including phenoxy) is 1. The van der Waals surface area contributed by atoms with Gasteiger partial charge in [0.15, 0.2) is 0 Å². The van der Waals surface area contributed by atoms with Crippen molar-refractivity contribution in [1.29, 1.82) is 0 Å². The Balaban J connectivity index is 1.92. The minimum atomic E-state index is -4.92. The van der Waals surface area contributed by atoms with Crippen LogP contribution in [0.2, 0.25) is 0 Å². The van der Waals surface area contributed by atoms with Crippen LogP contribution in [0.3, 0.4) is 0 Å². The van der Waals surface area contributed by atoms with Gasteiger partial charge in [0.2, 0.25) is 10.0 Å². The molecule has 13 heteroatoms. The normalized spacial score (nSPS) is 16.3. The van der Waals surface area contributed by atoms with Crippen molar-refractivity contribution in [1.82, 2.24) is 13.4 Å². The van der Waals surface area contributed by atoms with Gasteiger partial charge in [-0.25, -0.2) is 13.2 Å². The number of aromatic nitrogens is 2. The fourth-order valence-electron chi connectivity index (χ4n) is 4.21. The van der Waals surface area contributed by atoms with Gasteiger partial charge in [-0.15, -0.1) is 11.3 Å². The second kappa shape index (κ2) is 9.88. The zero-order valence-electron chi connectivity index (χ0n) is 18.9. The van der Waals surface area contributed by atoms with Crippen LogP contribution in [0.4, 0.5) is 13.2 Å². The highest BCUT2D eigenvalue weighted by Gasteiger charge is 2.41. The summed E-state index contributed by atoms with van der Waals surface area (Å²) >= 11 is 0.635. The van der Waals surface area contributed by atoms with E-state index >= 15 is 0 Å². The van der Waals surface area contributed by atoms with Crippen LogP contribution in [0, 0.1) is 0 Å². The SMILES string of the molecule is COCCn1c(=O)n(CCc2ccccc2)c(=O)c2c(C(F)(F)F)c(CN3CCCS3(=O)=O)sc21. The predicted octanol–water partition coefficient (Wildman–Crippen LogP) is 2.67. The van der Waals surface area contributed by atoms with Crippen molar-refractivity contribution in [3.05, 3.63) is 67.2 Å². The van der Waals surface area contributed by atoms with Gasteiger partial charge in [0.05, 0.1) is 29.9 Å². The Kier molecular flexibility index (Phi) is 7.23. The Morgan fingerprint density at radius 3 is 2.40 bits per heavy atom. The molecule has 190 valence electrons. The topological polar surface area (TPSA) is 90.6 Å². The van der Waals surface area contributed by atoms with Crippen molar-refractivity contribution in [3.63, 3.8) is 0 Å². The van der Waals surface area contributed by atoms with E-state index in [1.165, 1.54) is 7.11 Å². The molecule has 1 aromatic carbocycles. The summed E-state index contributed by atoms with van der Waals surface area (Å²) in [5.74, 6) is -0.135. The van der Waals surface area contributed by atoms with Gasteiger partial charge in [0.25, 0.3) is 5.56 Å². The molecule has 3 aromatic rings. The molecule has 0 N–H and O–H groups in total. The third-order valence-corrected chi connectivity index (χ3v) is 9.02. The van der Waals surface area contributed by atoms with Gasteiger partial charge in [-0.05, 0) is 18.4 Å². The molecule has 1 aliphatic heterocycles. The van der Waals surface area contributed by atoms with Gasteiger partial charge < -0.3 is 4.74 Å². The number of nitrogens with zero attached hydrogens (tertiary/aromatic N) is 3. The largest absolute Gasteiger partial charge is 0.418 e. The lowest BCUT2D eigenvalue weighted by atomic mass is 10.1. The number of methoxy groups -OCH3 is 1. The smallest absolute Gasteiger partial charge is 0.383 e. The average molecular weight is 532 g/mol. The number of thiophene rings is 1. The third-order valence-electron chi connectivity index (χ3n) is 5.92. The van der Waals surface area contributed by atoms with E-state index in [1.54, 1.807) is 24.3 Å². The Labute approximate surface area is 203 Å². The maximum absolute atomic E-state index is 14.3. The van der Waals surface area contributed by atoms with Crippen LogP contribution in [-0.2, 0) is 47.0 Å². The molecule has 2 aromatic heterocycles. The molecule has 0 amide bonds. The minimum absolute atomic E-state index is 0.0426. The predicted molar refractivity (Wildman–Crippen MR) is 126 cm³/mol. The molecule has 0 unspecified atom stereocenters. The highest BCUT2D eigenvalue weighted by molar-refractivity contribution is 7.89. The standard InChI is InChI=1S/C22H24F3N3O5S2/c1-33-12-11-28-20-17(19(29)27(21(28)30)10-8-15-6-3-2-4-7-15)18(22(23,24)25)16(34-20)14-26-9-5-13-35(26,31)32/h2-4,6-7H,5,8-14H2,1H3. The maximum atomic E-state index is 14.3. The minimum Gasteiger partial charge on any atom is -0.383 e. The number of sulfonamides is 1. The van der Waals surface area contributed by atoms with Crippen LogP contribution in [0.25, 0.3) is 10.2 Å². The van der Waals surface area contributed by atoms with E-state index < -0.39 is 44.9 Å². The fraction of sp³-hybridized carbons (Fsp3) is 0.455. The lowest BCUT2D eigenvalue weighted by molar-refractivity contribution is -0.136. The monoisotopic (exact) mass is 531 g/mol. The van der Waals surface area contributed by atoms with E-state index in [0.717, 1.165) is 19.0 Å². The van der Waals surface area contributed by atoms with Crippen molar-refractivity contribution in [2.75, 3.05) is 26.0 Å². The van der Waals surface area contributed by atoms with Crippen molar-refractivity contribution >= 4 is 31.6 Å². The first-order chi connectivity index (χ1) is 16.5. The van der Waals surface area contributed by atoms with E-state index in [0.29, 0.717) is 17.8 Å². The number of rotatable bonds is 8. The number of alkyl halides is 3. The Morgan fingerprint density at radius 2 is 1.80 bits per heavy atom. The van der Waals surface area contributed by atoms with Crippen LogP contribution in [0.5, 0.6) is 0 Å². The van der Waals surface area contributed by atoms with Crippen molar-refractivity contribution < 1.29 is 26.3 Å². The molecule has 1 saturated heterocycles. The molecule has 35 heavy (non-hydrogen) atoms. The zero-order chi connectivity index (χ0) is 25.4. The summed E-state index contributed by atoms with van der Waals surface area (Å²) in [7, 11) is -2.28. The summed E-state index contributed by atoms with van der Waals surface area (Å²) in [6, 6.07) is 8.98. The van der Waals surface area contributed by atoms with Crippen LogP contribution in [0.15, 0.2) is 39.9 Å². The number of aryl methyl sites for hydroxylation is 1. The van der Waals surface area contributed by atoms with Gasteiger partial charge in [-0.1, -0.05) is 30.3 Å². The molecule has 0 radical (unpaired) electrons. The Hall–Kier alpha value is -2.48. The van der Waals surface area contributed by atoms with Crippen LogP contribution < -0.4 is 11.2 Å². The number of fused-ring (bicyclic) bond motifs is 1. The van der Waals surface area contributed by atoms with Gasteiger partial charge in [-0.2, -0.15) is 17.5 Å². The molecule has 1 fully saturated rings. The average Bonchev–Trinajstić information content (AvgIpc) is 3.34. The van der Waals surface area contributed by atoms with Gasteiger partial charge >= 0.3 is 11.9 Å². The van der Waals surface area contributed by atoms with Crippen LogP contribution in [0.1, 0.15) is 22.4 Å². The molecule has 0 atom stereocenters. The van der Waals surface area contributed by atoms with E-state index in [2.05, 4.69) is 0 Å². The fourth-order valence-corrected chi connectivity index (χ4v) is 7.12. The second-order valence-corrected chi connectivity index (χ2v) is 11.4. The molecule has 0 bridgehead atoms. The molecule has 1 aliphatic rings. The summed E-state index contributed by atoms with van der Waals surface area (Å²) in [6.45, 7) is -0.518. The van der Waals surface area contributed by atoms with E-state index in [9.17, 15) is 31.2 Å². The zero-order valence-corrected chi connectivity index (χ0v) is 20.5. The number of halogens is 3. The van der Waals surface area contributed by atoms with Gasteiger partial charge in [0.1, 0.15) is 4.83 Å².